The molecule has 0 amide bonds. The molecule has 1 heterocycles. The first-order chi connectivity index (χ1) is 14.2. The number of thiophene rings is 1. The Morgan fingerprint density at radius 3 is 2.28 bits per heavy atom. The molecule has 0 aliphatic heterocycles. The average Bonchev–Trinajstić information content (AvgIpc) is 3.23. The monoisotopic (exact) mass is 409 g/mol. The Balaban J connectivity index is 1.87. The number of esters is 1. The molecule has 0 saturated carbocycles. The summed E-state index contributed by atoms with van der Waals surface area (Å²) >= 11 is 1.66. The Morgan fingerprint density at radius 2 is 1.66 bits per heavy atom. The van der Waals surface area contributed by atoms with E-state index in [4.69, 9.17) is 9.47 Å². The first-order valence-electron chi connectivity index (χ1n) is 9.88. The lowest BCUT2D eigenvalue weighted by Crippen LogP contribution is -2.22. The molecule has 0 radical (unpaired) electrons. The molecule has 3 aromatic rings. The van der Waals surface area contributed by atoms with Crippen LogP contribution in [0.4, 0.5) is 5.69 Å². The average molecular weight is 410 g/mol. The number of rotatable bonds is 9. The smallest absolute Gasteiger partial charge is 0.334 e. The highest BCUT2D eigenvalue weighted by molar-refractivity contribution is 7.12. The molecule has 0 aliphatic carbocycles. The zero-order valence-electron chi connectivity index (χ0n) is 17.1. The van der Waals surface area contributed by atoms with Gasteiger partial charge in [-0.15, -0.1) is 11.3 Å². The van der Waals surface area contributed by atoms with Crippen LogP contribution in [0.15, 0.2) is 66.7 Å². The number of ether oxygens (including phenoxy) is 2. The lowest BCUT2D eigenvalue weighted by Gasteiger charge is -2.18. The Kier molecular flexibility index (Phi) is 7.30. The number of hydrogen-bond acceptors (Lipinski definition) is 5. The Labute approximate surface area is 176 Å². The van der Waals surface area contributed by atoms with Crippen LogP contribution in [0.2, 0.25) is 0 Å². The third-order valence-corrected chi connectivity index (χ3v) is 6.07. The molecule has 3 rings (SSSR count). The molecule has 152 valence electrons. The van der Waals surface area contributed by atoms with Gasteiger partial charge < -0.3 is 14.8 Å². The fourth-order valence-electron chi connectivity index (χ4n) is 3.32. The Bertz CT molecular complexity index is 905. The summed E-state index contributed by atoms with van der Waals surface area (Å²) in [6, 6.07) is 21.6. The zero-order valence-corrected chi connectivity index (χ0v) is 17.9. The van der Waals surface area contributed by atoms with E-state index in [-0.39, 0.29) is 5.97 Å². The molecule has 2 aromatic carbocycles. The van der Waals surface area contributed by atoms with Crippen molar-refractivity contribution in [3.8, 4) is 5.75 Å². The topological polar surface area (TPSA) is 47.6 Å². The highest BCUT2D eigenvalue weighted by Crippen LogP contribution is 2.36. The minimum absolute atomic E-state index is 0.274. The van der Waals surface area contributed by atoms with Crippen LogP contribution in [0.5, 0.6) is 5.75 Å². The van der Waals surface area contributed by atoms with E-state index in [1.54, 1.807) is 18.4 Å². The normalized spacial score (nSPS) is 12.8. The predicted octanol–water partition coefficient (Wildman–Crippen LogP) is 6.01. The summed E-state index contributed by atoms with van der Waals surface area (Å²) in [7, 11) is 1.63. The van der Waals surface area contributed by atoms with Gasteiger partial charge in [-0.2, -0.15) is 0 Å². The fourth-order valence-corrected chi connectivity index (χ4v) is 4.59. The van der Waals surface area contributed by atoms with Crippen LogP contribution in [0.25, 0.3) is 0 Å². The summed E-state index contributed by atoms with van der Waals surface area (Å²) in [5.41, 5.74) is 2.13. The first kappa shape index (κ1) is 20.9. The highest BCUT2D eigenvalue weighted by atomic mass is 32.1. The van der Waals surface area contributed by atoms with Gasteiger partial charge in [0, 0.05) is 21.4 Å². The van der Waals surface area contributed by atoms with Gasteiger partial charge in [0.15, 0.2) is 6.04 Å². The molecule has 0 spiro atoms. The van der Waals surface area contributed by atoms with Gasteiger partial charge in [0.1, 0.15) is 5.75 Å². The Morgan fingerprint density at radius 1 is 0.966 bits per heavy atom. The van der Waals surface area contributed by atoms with Crippen LogP contribution in [0.3, 0.4) is 0 Å². The second kappa shape index (κ2) is 10.1. The van der Waals surface area contributed by atoms with Gasteiger partial charge in [0.2, 0.25) is 0 Å². The molecule has 29 heavy (non-hydrogen) atoms. The van der Waals surface area contributed by atoms with Gasteiger partial charge in [-0.3, -0.25) is 0 Å². The maximum Gasteiger partial charge on any atom is 0.334 e. The highest BCUT2D eigenvalue weighted by Gasteiger charge is 2.25. The van der Waals surface area contributed by atoms with E-state index in [2.05, 4.69) is 42.6 Å². The summed E-state index contributed by atoms with van der Waals surface area (Å²) in [5.74, 6) is 0.818. The van der Waals surface area contributed by atoms with Gasteiger partial charge in [-0.05, 0) is 55.3 Å². The SMILES string of the molecule is CCOC(=O)C(Nc1ccc(OC)cc1)c1ccc(C(CC)c2ccccc2)s1. The van der Waals surface area contributed by atoms with Crippen molar-refractivity contribution in [1.82, 2.24) is 0 Å². The third-order valence-electron chi connectivity index (χ3n) is 4.81. The van der Waals surface area contributed by atoms with Gasteiger partial charge in [0.25, 0.3) is 0 Å². The van der Waals surface area contributed by atoms with Crippen LogP contribution in [0, 0.1) is 0 Å². The molecule has 0 bridgehead atoms. The van der Waals surface area contributed by atoms with Crippen LogP contribution in [-0.4, -0.2) is 19.7 Å². The van der Waals surface area contributed by atoms with E-state index in [1.165, 1.54) is 10.4 Å². The second-order valence-electron chi connectivity index (χ2n) is 6.67. The second-order valence-corrected chi connectivity index (χ2v) is 7.82. The van der Waals surface area contributed by atoms with Crippen LogP contribution in [0.1, 0.15) is 47.5 Å². The number of hydrogen-bond donors (Lipinski definition) is 1. The minimum atomic E-state index is -0.546. The lowest BCUT2D eigenvalue weighted by molar-refractivity contribution is -0.144. The molecule has 4 nitrogen and oxygen atoms in total. The van der Waals surface area contributed by atoms with E-state index in [1.807, 2.05) is 43.3 Å². The molecule has 0 fully saturated rings. The van der Waals surface area contributed by atoms with Gasteiger partial charge in [-0.25, -0.2) is 4.79 Å². The molecule has 0 aliphatic rings. The van der Waals surface area contributed by atoms with Crippen LogP contribution in [-0.2, 0) is 9.53 Å². The number of anilines is 1. The quantitative estimate of drug-likeness (QED) is 0.439. The van der Waals surface area contributed by atoms with E-state index in [0.717, 1.165) is 22.7 Å². The zero-order chi connectivity index (χ0) is 20.6. The third kappa shape index (κ3) is 5.18. The maximum absolute atomic E-state index is 12.7. The number of nitrogens with one attached hydrogen (secondary N) is 1. The van der Waals surface area contributed by atoms with Crippen molar-refractivity contribution in [1.29, 1.82) is 0 Å². The number of benzene rings is 2. The van der Waals surface area contributed by atoms with Gasteiger partial charge in [0.05, 0.1) is 13.7 Å². The van der Waals surface area contributed by atoms with E-state index in [9.17, 15) is 4.79 Å². The standard InChI is InChI=1S/C24H27NO3S/c1-4-20(17-9-7-6-8-10-17)21-15-16-22(29-21)23(24(26)28-5-2)25-18-11-13-19(27-3)14-12-18/h6-16,20,23,25H,4-5H2,1-3H3. The van der Waals surface area contributed by atoms with E-state index in [0.29, 0.717) is 12.5 Å². The molecule has 1 N–H and O–H groups in total. The van der Waals surface area contributed by atoms with Crippen molar-refractivity contribution >= 4 is 23.0 Å². The summed E-state index contributed by atoms with van der Waals surface area (Å²) in [4.78, 5) is 14.9. The van der Waals surface area contributed by atoms with Crippen molar-refractivity contribution in [3.63, 3.8) is 0 Å². The molecule has 2 atom stereocenters. The lowest BCUT2D eigenvalue weighted by atomic mass is 9.95. The number of carbonyl (C=O) groups excluding carboxylic acids is 1. The molecule has 5 heteroatoms. The molecule has 2 unspecified atom stereocenters. The van der Waals surface area contributed by atoms with Gasteiger partial charge in [-0.1, -0.05) is 37.3 Å². The summed E-state index contributed by atoms with van der Waals surface area (Å²) < 4.78 is 10.5. The summed E-state index contributed by atoms with van der Waals surface area (Å²) in [5, 5.41) is 3.32. The van der Waals surface area contributed by atoms with E-state index < -0.39 is 6.04 Å². The van der Waals surface area contributed by atoms with Crippen molar-refractivity contribution in [2.45, 2.75) is 32.2 Å². The summed E-state index contributed by atoms with van der Waals surface area (Å²) in [6.45, 7) is 4.36. The summed E-state index contributed by atoms with van der Waals surface area (Å²) in [6.07, 6.45) is 1.000. The maximum atomic E-state index is 12.7. The van der Waals surface area contributed by atoms with E-state index >= 15 is 0 Å². The van der Waals surface area contributed by atoms with Crippen molar-refractivity contribution in [2.24, 2.45) is 0 Å². The van der Waals surface area contributed by atoms with Crippen molar-refractivity contribution < 1.29 is 14.3 Å². The molecular weight excluding hydrogens is 382 g/mol. The van der Waals surface area contributed by atoms with Crippen LogP contribution >= 0.6 is 11.3 Å². The van der Waals surface area contributed by atoms with Crippen LogP contribution < -0.4 is 10.1 Å². The van der Waals surface area contributed by atoms with Crippen molar-refractivity contribution in [2.75, 3.05) is 19.0 Å². The number of methoxy groups -OCH3 is 1. The Hall–Kier alpha value is -2.79. The molecule has 1 aromatic heterocycles. The van der Waals surface area contributed by atoms with Crippen molar-refractivity contribution in [3.05, 3.63) is 82.0 Å². The number of carbonyl (C=O) groups is 1. The van der Waals surface area contributed by atoms with Gasteiger partial charge >= 0.3 is 5.97 Å². The molecular formula is C24H27NO3S. The predicted molar refractivity (Wildman–Crippen MR) is 119 cm³/mol. The first-order valence-corrected chi connectivity index (χ1v) is 10.7. The molecule has 0 saturated heterocycles. The largest absolute Gasteiger partial charge is 0.497 e. The fraction of sp³-hybridized carbons (Fsp3) is 0.292. The minimum Gasteiger partial charge on any atom is -0.497 e.